The first kappa shape index (κ1) is 14.1. The van der Waals surface area contributed by atoms with E-state index in [-0.39, 0.29) is 6.10 Å². The molecule has 1 aromatic rings. The lowest BCUT2D eigenvalue weighted by Crippen LogP contribution is -2.29. The number of furan rings is 1. The van der Waals surface area contributed by atoms with E-state index in [4.69, 9.17) is 13.9 Å². The van der Waals surface area contributed by atoms with Crippen LogP contribution < -0.4 is 0 Å². The maximum Gasteiger partial charge on any atom is 0.163 e. The molecule has 0 spiro atoms. The molecule has 4 heteroatoms. The fourth-order valence-electron chi connectivity index (χ4n) is 1.98. The van der Waals surface area contributed by atoms with Gasteiger partial charge in [0.25, 0.3) is 0 Å². The van der Waals surface area contributed by atoms with Gasteiger partial charge in [0.2, 0.25) is 0 Å². The lowest BCUT2D eigenvalue weighted by Gasteiger charge is -2.17. The van der Waals surface area contributed by atoms with Gasteiger partial charge in [-0.2, -0.15) is 0 Å². The number of aliphatic hydroxyl groups is 1. The third kappa shape index (κ3) is 3.84. The predicted molar refractivity (Wildman–Crippen MR) is 70.5 cm³/mol. The van der Waals surface area contributed by atoms with Crippen LogP contribution in [0.5, 0.6) is 0 Å². The van der Waals surface area contributed by atoms with Gasteiger partial charge < -0.3 is 19.0 Å². The average molecular weight is 264 g/mol. The molecule has 104 valence electrons. The molecule has 0 saturated carbocycles. The van der Waals surface area contributed by atoms with Crippen LogP contribution in [0.2, 0.25) is 0 Å². The quantitative estimate of drug-likeness (QED) is 0.849. The second-order valence-corrected chi connectivity index (χ2v) is 5.16. The maximum absolute atomic E-state index is 9.89. The first-order valence-electron chi connectivity index (χ1n) is 6.49. The van der Waals surface area contributed by atoms with Crippen molar-refractivity contribution < 1.29 is 19.0 Å². The van der Waals surface area contributed by atoms with E-state index in [1.54, 1.807) is 6.26 Å². The molecule has 0 aliphatic carbocycles. The molecule has 4 nitrogen and oxygen atoms in total. The van der Waals surface area contributed by atoms with E-state index in [9.17, 15) is 5.11 Å². The van der Waals surface area contributed by atoms with Crippen molar-refractivity contribution in [2.24, 2.45) is 0 Å². The molecule has 19 heavy (non-hydrogen) atoms. The van der Waals surface area contributed by atoms with Crippen LogP contribution in [-0.4, -0.2) is 29.7 Å². The van der Waals surface area contributed by atoms with Crippen molar-refractivity contribution in [3.8, 4) is 11.8 Å². The second-order valence-electron chi connectivity index (χ2n) is 5.16. The van der Waals surface area contributed by atoms with E-state index in [0.717, 1.165) is 17.7 Å². The van der Waals surface area contributed by atoms with Crippen LogP contribution in [-0.2, 0) is 15.9 Å². The number of hydrogen-bond acceptors (Lipinski definition) is 4. The summed E-state index contributed by atoms with van der Waals surface area (Å²) >= 11 is 0. The third-order valence-electron chi connectivity index (χ3n) is 3.08. The minimum absolute atomic E-state index is 0.368. The number of aliphatic hydroxyl groups excluding tert-OH is 1. The van der Waals surface area contributed by atoms with Gasteiger partial charge in [-0.3, -0.25) is 0 Å². The van der Waals surface area contributed by atoms with Gasteiger partial charge in [-0.1, -0.05) is 11.8 Å². The average Bonchev–Trinajstić information content (AvgIpc) is 2.91. The molecule has 0 radical (unpaired) electrons. The number of rotatable bonds is 3. The highest BCUT2D eigenvalue weighted by Crippen LogP contribution is 2.23. The fourth-order valence-corrected chi connectivity index (χ4v) is 1.98. The van der Waals surface area contributed by atoms with Crippen LogP contribution in [0.3, 0.4) is 0 Å². The van der Waals surface area contributed by atoms with Crippen molar-refractivity contribution in [3.05, 3.63) is 23.7 Å². The molecule has 2 heterocycles. The summed E-state index contributed by atoms with van der Waals surface area (Å²) in [6, 6.07) is 1.93. The predicted octanol–water partition coefficient (Wildman–Crippen LogP) is 2.04. The lowest BCUT2D eigenvalue weighted by molar-refractivity contribution is -0.146. The standard InChI is InChI=1S/C15H20O4/c1-11-8-9-17-13(11)7-5-4-6-12(16)14-10-18-15(2,3)19-14/h8-9,12,14,16H,5,7,10H2,1-3H3/t12-,14+/m0/s1. The summed E-state index contributed by atoms with van der Waals surface area (Å²) in [4.78, 5) is 0. The third-order valence-corrected chi connectivity index (χ3v) is 3.08. The Morgan fingerprint density at radius 3 is 2.89 bits per heavy atom. The smallest absolute Gasteiger partial charge is 0.163 e. The summed E-state index contributed by atoms with van der Waals surface area (Å²) in [7, 11) is 0. The van der Waals surface area contributed by atoms with Gasteiger partial charge in [0, 0.05) is 12.8 Å². The zero-order valence-electron chi connectivity index (χ0n) is 11.6. The van der Waals surface area contributed by atoms with Gasteiger partial charge in [0.15, 0.2) is 5.79 Å². The van der Waals surface area contributed by atoms with Crippen LogP contribution in [0, 0.1) is 18.8 Å². The van der Waals surface area contributed by atoms with Crippen LogP contribution >= 0.6 is 0 Å². The molecular weight excluding hydrogens is 244 g/mol. The summed E-state index contributed by atoms with van der Waals surface area (Å²) in [5.41, 5.74) is 1.14. The van der Waals surface area contributed by atoms with Crippen molar-refractivity contribution in [3.63, 3.8) is 0 Å². The van der Waals surface area contributed by atoms with Crippen molar-refractivity contribution >= 4 is 0 Å². The van der Waals surface area contributed by atoms with Crippen LogP contribution in [0.1, 0.15) is 31.6 Å². The molecule has 0 amide bonds. The normalized spacial score (nSPS) is 22.8. The number of aryl methyl sites for hydroxylation is 2. The van der Waals surface area contributed by atoms with Crippen molar-refractivity contribution in [2.75, 3.05) is 6.61 Å². The molecular formula is C15H20O4. The molecule has 1 aromatic heterocycles. The second kappa shape index (κ2) is 5.79. The zero-order chi connectivity index (χ0) is 13.9. The molecule has 2 atom stereocenters. The van der Waals surface area contributed by atoms with Crippen LogP contribution in [0.15, 0.2) is 16.7 Å². The molecule has 2 rings (SSSR count). The van der Waals surface area contributed by atoms with Crippen molar-refractivity contribution in [1.29, 1.82) is 0 Å². The van der Waals surface area contributed by atoms with E-state index < -0.39 is 11.9 Å². The number of ether oxygens (including phenoxy) is 2. The molecule has 0 bridgehead atoms. The summed E-state index contributed by atoms with van der Waals surface area (Å²) in [6.45, 7) is 6.03. The van der Waals surface area contributed by atoms with Gasteiger partial charge in [-0.05, 0) is 32.4 Å². The molecule has 1 N–H and O–H groups in total. The van der Waals surface area contributed by atoms with Gasteiger partial charge in [0.05, 0.1) is 12.9 Å². The van der Waals surface area contributed by atoms with Gasteiger partial charge in [0.1, 0.15) is 18.0 Å². The minimum Gasteiger partial charge on any atom is -0.469 e. The topological polar surface area (TPSA) is 51.8 Å². The van der Waals surface area contributed by atoms with Crippen LogP contribution in [0.4, 0.5) is 0 Å². The minimum atomic E-state index is -0.806. The SMILES string of the molecule is Cc1ccoc1CCC#C[C@H](O)[C@H]1COC(C)(C)O1. The van der Waals surface area contributed by atoms with Gasteiger partial charge in [-0.15, -0.1) is 0 Å². The van der Waals surface area contributed by atoms with E-state index in [2.05, 4.69) is 11.8 Å². The van der Waals surface area contributed by atoms with Gasteiger partial charge in [-0.25, -0.2) is 0 Å². The Morgan fingerprint density at radius 2 is 2.32 bits per heavy atom. The van der Waals surface area contributed by atoms with E-state index >= 15 is 0 Å². The molecule has 1 saturated heterocycles. The lowest BCUT2D eigenvalue weighted by atomic mass is 10.1. The molecule has 1 aliphatic rings. The van der Waals surface area contributed by atoms with E-state index in [1.807, 2.05) is 26.8 Å². The Morgan fingerprint density at radius 1 is 1.53 bits per heavy atom. The van der Waals surface area contributed by atoms with Crippen LogP contribution in [0.25, 0.3) is 0 Å². The van der Waals surface area contributed by atoms with E-state index in [1.165, 1.54) is 0 Å². The Balaban J connectivity index is 1.79. The number of hydrogen-bond donors (Lipinski definition) is 1. The van der Waals surface area contributed by atoms with Gasteiger partial charge >= 0.3 is 0 Å². The Kier molecular flexibility index (Phi) is 4.31. The molecule has 1 fully saturated rings. The Labute approximate surface area is 113 Å². The van der Waals surface area contributed by atoms with Crippen molar-refractivity contribution in [2.45, 2.75) is 51.6 Å². The fraction of sp³-hybridized carbons (Fsp3) is 0.600. The Hall–Kier alpha value is -1.28. The maximum atomic E-state index is 9.89. The first-order chi connectivity index (χ1) is 8.98. The summed E-state index contributed by atoms with van der Waals surface area (Å²) in [5, 5.41) is 9.89. The summed E-state index contributed by atoms with van der Waals surface area (Å²) < 4.78 is 16.3. The summed E-state index contributed by atoms with van der Waals surface area (Å²) in [6.07, 6.45) is 1.92. The largest absolute Gasteiger partial charge is 0.469 e. The first-order valence-corrected chi connectivity index (χ1v) is 6.49. The molecule has 0 unspecified atom stereocenters. The highest BCUT2D eigenvalue weighted by molar-refractivity contribution is 5.16. The molecule has 0 aromatic carbocycles. The highest BCUT2D eigenvalue weighted by atomic mass is 16.7. The highest BCUT2D eigenvalue weighted by Gasteiger charge is 2.36. The monoisotopic (exact) mass is 264 g/mol. The molecule has 1 aliphatic heterocycles. The van der Waals surface area contributed by atoms with Crippen molar-refractivity contribution in [1.82, 2.24) is 0 Å². The summed E-state index contributed by atoms with van der Waals surface area (Å²) in [5.74, 6) is 6.09. The van der Waals surface area contributed by atoms with E-state index in [0.29, 0.717) is 13.0 Å². The Bertz CT molecular complexity index is 478. The zero-order valence-corrected chi connectivity index (χ0v) is 11.6.